The maximum atomic E-state index is 3.57. The van der Waals surface area contributed by atoms with Gasteiger partial charge in [0.1, 0.15) is 0 Å². The Hall–Kier alpha value is -0.300. The molecule has 0 amide bonds. The number of allylic oxidation sites excluding steroid dienone is 1. The molecule has 0 aromatic carbocycles. The summed E-state index contributed by atoms with van der Waals surface area (Å²) in [6, 6.07) is 0. The van der Waals surface area contributed by atoms with Crippen LogP contribution in [0.3, 0.4) is 0 Å². The molecular weight excluding hydrogens is 170 g/mol. The first-order valence-electron chi connectivity index (χ1n) is 6.23. The van der Waals surface area contributed by atoms with Gasteiger partial charge in [0.2, 0.25) is 0 Å². The van der Waals surface area contributed by atoms with E-state index >= 15 is 0 Å². The van der Waals surface area contributed by atoms with Crippen molar-refractivity contribution >= 4 is 0 Å². The van der Waals surface area contributed by atoms with Gasteiger partial charge in [-0.2, -0.15) is 0 Å². The average Bonchev–Trinajstić information content (AvgIpc) is 1.97. The first-order valence-corrected chi connectivity index (χ1v) is 6.23. The summed E-state index contributed by atoms with van der Waals surface area (Å²) >= 11 is 0. The molecule has 2 unspecified atom stereocenters. The molecule has 1 N–H and O–H groups in total. The molecule has 1 nitrogen and oxygen atoms in total. The Morgan fingerprint density at radius 1 is 1.43 bits per heavy atom. The fraction of sp³-hybridized carbons (Fsp3) is 0.846. The number of nitrogens with one attached hydrogen (secondary N) is 1. The van der Waals surface area contributed by atoms with Crippen molar-refractivity contribution in [3.05, 3.63) is 12.2 Å². The summed E-state index contributed by atoms with van der Waals surface area (Å²) in [6.45, 7) is 4.85. The van der Waals surface area contributed by atoms with Gasteiger partial charge < -0.3 is 5.32 Å². The number of hydrogen-bond acceptors (Lipinski definition) is 1. The average molecular weight is 193 g/mol. The van der Waals surface area contributed by atoms with Gasteiger partial charge in [-0.3, -0.25) is 0 Å². The molecule has 80 valence electrons. The first-order chi connectivity index (χ1) is 6.86. The van der Waals surface area contributed by atoms with Gasteiger partial charge in [0.25, 0.3) is 0 Å². The minimum Gasteiger partial charge on any atom is -0.316 e. The van der Waals surface area contributed by atoms with Crippen LogP contribution in [0, 0.1) is 17.8 Å². The molecule has 0 aromatic heterocycles. The molecule has 1 saturated carbocycles. The third kappa shape index (κ3) is 2.60. The molecule has 2 rings (SSSR count). The normalized spacial score (nSPS) is 28.2. The zero-order valence-electron chi connectivity index (χ0n) is 9.34. The maximum absolute atomic E-state index is 3.57. The highest BCUT2D eigenvalue weighted by Gasteiger charge is 2.23. The van der Waals surface area contributed by atoms with Crippen molar-refractivity contribution in [1.82, 2.24) is 5.32 Å². The molecule has 1 heteroatoms. The smallest absolute Gasteiger partial charge is 0.00171 e. The first kappa shape index (κ1) is 10.2. The topological polar surface area (TPSA) is 12.0 Å². The van der Waals surface area contributed by atoms with Crippen molar-refractivity contribution in [1.29, 1.82) is 0 Å². The predicted molar refractivity (Wildman–Crippen MR) is 61.2 cm³/mol. The minimum atomic E-state index is 0.842. The van der Waals surface area contributed by atoms with E-state index in [0.29, 0.717) is 0 Å². The Labute approximate surface area is 88.0 Å². The third-order valence-corrected chi connectivity index (χ3v) is 3.98. The molecule has 0 saturated heterocycles. The van der Waals surface area contributed by atoms with E-state index in [1.807, 2.05) is 0 Å². The molecule has 2 atom stereocenters. The van der Waals surface area contributed by atoms with E-state index in [0.717, 1.165) is 17.8 Å². The monoisotopic (exact) mass is 193 g/mol. The van der Waals surface area contributed by atoms with Crippen molar-refractivity contribution in [2.24, 2.45) is 17.8 Å². The van der Waals surface area contributed by atoms with Crippen molar-refractivity contribution in [2.45, 2.75) is 39.0 Å². The van der Waals surface area contributed by atoms with E-state index in [1.165, 1.54) is 45.2 Å². The van der Waals surface area contributed by atoms with Crippen LogP contribution in [-0.4, -0.2) is 13.1 Å². The zero-order chi connectivity index (χ0) is 9.80. The second-order valence-electron chi connectivity index (χ2n) is 5.09. The van der Waals surface area contributed by atoms with Crippen LogP contribution < -0.4 is 5.32 Å². The molecule has 2 aliphatic carbocycles. The molecule has 1 fully saturated rings. The SMILES string of the molecule is CC(CCNCC1C=CC1)C1CCC1. The van der Waals surface area contributed by atoms with E-state index in [2.05, 4.69) is 24.4 Å². The van der Waals surface area contributed by atoms with Gasteiger partial charge in [-0.25, -0.2) is 0 Å². The van der Waals surface area contributed by atoms with Gasteiger partial charge in [0.15, 0.2) is 0 Å². The summed E-state index contributed by atoms with van der Waals surface area (Å²) in [6.07, 6.45) is 11.7. The third-order valence-electron chi connectivity index (χ3n) is 3.98. The van der Waals surface area contributed by atoms with Gasteiger partial charge >= 0.3 is 0 Å². The molecule has 0 heterocycles. The van der Waals surface area contributed by atoms with Crippen LogP contribution in [0.1, 0.15) is 39.0 Å². The highest BCUT2D eigenvalue weighted by Crippen LogP contribution is 2.34. The Balaban J connectivity index is 1.47. The highest BCUT2D eigenvalue weighted by atomic mass is 14.9. The van der Waals surface area contributed by atoms with Gasteiger partial charge in [0.05, 0.1) is 0 Å². The van der Waals surface area contributed by atoms with Crippen LogP contribution >= 0.6 is 0 Å². The van der Waals surface area contributed by atoms with E-state index in [4.69, 9.17) is 0 Å². The Bertz CT molecular complexity index is 193. The molecule has 2 aliphatic rings. The maximum Gasteiger partial charge on any atom is 0.00171 e. The Morgan fingerprint density at radius 2 is 2.21 bits per heavy atom. The molecule has 0 bridgehead atoms. The summed E-state index contributed by atoms with van der Waals surface area (Å²) < 4.78 is 0. The lowest BCUT2D eigenvalue weighted by molar-refractivity contribution is 0.209. The standard InChI is InChI=1S/C13H23N/c1-11(13-6-3-7-13)8-9-14-10-12-4-2-5-12/h2,4,11-14H,3,5-10H2,1H3. The lowest BCUT2D eigenvalue weighted by Gasteiger charge is -2.31. The Morgan fingerprint density at radius 3 is 2.71 bits per heavy atom. The van der Waals surface area contributed by atoms with Crippen LogP contribution in [0.5, 0.6) is 0 Å². The van der Waals surface area contributed by atoms with Crippen molar-refractivity contribution < 1.29 is 0 Å². The highest BCUT2D eigenvalue weighted by molar-refractivity contribution is 5.02. The molecule has 0 aromatic rings. The number of hydrogen-bond donors (Lipinski definition) is 1. The molecule has 0 aliphatic heterocycles. The summed E-state index contributed by atoms with van der Waals surface area (Å²) in [7, 11) is 0. The molecule has 0 radical (unpaired) electrons. The summed E-state index contributed by atoms with van der Waals surface area (Å²) in [5.41, 5.74) is 0. The van der Waals surface area contributed by atoms with E-state index in [9.17, 15) is 0 Å². The van der Waals surface area contributed by atoms with E-state index in [1.54, 1.807) is 0 Å². The molecular formula is C13H23N. The van der Waals surface area contributed by atoms with Crippen LogP contribution in [0.2, 0.25) is 0 Å². The van der Waals surface area contributed by atoms with Gasteiger partial charge in [-0.05, 0) is 37.1 Å². The summed E-state index contributed by atoms with van der Waals surface area (Å²) in [4.78, 5) is 0. The molecule has 14 heavy (non-hydrogen) atoms. The van der Waals surface area contributed by atoms with Gasteiger partial charge in [0, 0.05) is 6.54 Å². The lowest BCUT2D eigenvalue weighted by atomic mass is 9.75. The quantitative estimate of drug-likeness (QED) is 0.505. The second-order valence-corrected chi connectivity index (χ2v) is 5.09. The summed E-state index contributed by atoms with van der Waals surface area (Å²) in [5.74, 6) is 2.85. The van der Waals surface area contributed by atoms with E-state index in [-0.39, 0.29) is 0 Å². The zero-order valence-corrected chi connectivity index (χ0v) is 9.34. The predicted octanol–water partition coefficient (Wildman–Crippen LogP) is 2.98. The largest absolute Gasteiger partial charge is 0.316 e. The molecule has 0 spiro atoms. The second kappa shape index (κ2) is 4.97. The van der Waals surface area contributed by atoms with Crippen molar-refractivity contribution in [3.8, 4) is 0 Å². The summed E-state index contributed by atoms with van der Waals surface area (Å²) in [5, 5.41) is 3.57. The lowest BCUT2D eigenvalue weighted by Crippen LogP contribution is -2.28. The van der Waals surface area contributed by atoms with Crippen LogP contribution in [0.4, 0.5) is 0 Å². The van der Waals surface area contributed by atoms with Crippen LogP contribution in [0.15, 0.2) is 12.2 Å². The van der Waals surface area contributed by atoms with Crippen molar-refractivity contribution in [2.75, 3.05) is 13.1 Å². The fourth-order valence-electron chi connectivity index (χ4n) is 2.34. The van der Waals surface area contributed by atoms with Crippen LogP contribution in [0.25, 0.3) is 0 Å². The van der Waals surface area contributed by atoms with Gasteiger partial charge in [-0.1, -0.05) is 38.3 Å². The van der Waals surface area contributed by atoms with Crippen molar-refractivity contribution in [3.63, 3.8) is 0 Å². The fourth-order valence-corrected chi connectivity index (χ4v) is 2.34. The van der Waals surface area contributed by atoms with Gasteiger partial charge in [-0.15, -0.1) is 0 Å². The Kier molecular flexibility index (Phi) is 3.63. The van der Waals surface area contributed by atoms with Crippen LogP contribution in [-0.2, 0) is 0 Å². The minimum absolute atomic E-state index is 0.842. The number of rotatable bonds is 6. The van der Waals surface area contributed by atoms with E-state index < -0.39 is 0 Å².